The average Bonchev–Trinajstić information content (AvgIpc) is 2.43. The number of nitrogens with zero attached hydrogens (tertiary/aromatic N) is 1. The lowest BCUT2D eigenvalue weighted by Crippen LogP contribution is -1.98. The van der Waals surface area contributed by atoms with Crippen molar-refractivity contribution in [3.63, 3.8) is 0 Å². The number of hydrogen-bond donors (Lipinski definition) is 1. The van der Waals surface area contributed by atoms with Crippen molar-refractivity contribution < 1.29 is 9.90 Å². The van der Waals surface area contributed by atoms with E-state index in [9.17, 15) is 4.79 Å². The second-order valence-corrected chi connectivity index (χ2v) is 5.13. The molecule has 0 bridgehead atoms. The molecule has 0 unspecified atom stereocenters. The first kappa shape index (κ1) is 14.3. The quantitative estimate of drug-likeness (QED) is 0.853. The van der Waals surface area contributed by atoms with Crippen LogP contribution < -0.4 is 0 Å². The Bertz CT molecular complexity index is 672. The molecule has 1 aromatic carbocycles. The molecular formula is C17H19NO2. The molecule has 20 heavy (non-hydrogen) atoms. The number of pyridine rings is 1. The summed E-state index contributed by atoms with van der Waals surface area (Å²) >= 11 is 0. The number of carboxylic acids is 1. The number of aliphatic carboxylic acids is 1. The molecule has 1 N–H and O–H groups in total. The van der Waals surface area contributed by atoms with Crippen LogP contribution >= 0.6 is 0 Å². The lowest BCUT2D eigenvalue weighted by Gasteiger charge is -2.12. The molecule has 0 saturated carbocycles. The molecule has 104 valence electrons. The van der Waals surface area contributed by atoms with Crippen molar-refractivity contribution >= 4 is 22.9 Å². The van der Waals surface area contributed by atoms with Gasteiger partial charge in [-0.2, -0.15) is 0 Å². The van der Waals surface area contributed by atoms with Crippen LogP contribution in [0.25, 0.3) is 17.0 Å². The van der Waals surface area contributed by atoms with Gasteiger partial charge in [-0.3, -0.25) is 4.98 Å². The molecule has 0 atom stereocenters. The minimum atomic E-state index is -0.937. The normalized spacial score (nSPS) is 11.6. The maximum atomic E-state index is 10.7. The van der Waals surface area contributed by atoms with Gasteiger partial charge in [0.2, 0.25) is 0 Å². The van der Waals surface area contributed by atoms with Gasteiger partial charge in [-0.1, -0.05) is 39.0 Å². The van der Waals surface area contributed by atoms with E-state index in [2.05, 4.69) is 26.8 Å². The first-order valence-electron chi connectivity index (χ1n) is 6.86. The Morgan fingerprint density at radius 2 is 2.15 bits per heavy atom. The summed E-state index contributed by atoms with van der Waals surface area (Å²) in [7, 11) is 0. The Kier molecular flexibility index (Phi) is 4.18. The van der Waals surface area contributed by atoms with Gasteiger partial charge < -0.3 is 5.11 Å². The van der Waals surface area contributed by atoms with Gasteiger partial charge >= 0.3 is 5.97 Å². The molecule has 2 aromatic rings. The predicted molar refractivity (Wildman–Crippen MR) is 81.9 cm³/mol. The highest BCUT2D eigenvalue weighted by Crippen LogP contribution is 2.26. The molecule has 3 heteroatoms. The zero-order valence-corrected chi connectivity index (χ0v) is 12.1. The van der Waals surface area contributed by atoms with Gasteiger partial charge in [0.15, 0.2) is 0 Å². The Morgan fingerprint density at radius 1 is 1.40 bits per heavy atom. The number of fused-ring (bicyclic) bond motifs is 1. The fraction of sp³-hybridized carbons (Fsp3) is 0.294. The molecule has 0 aliphatic rings. The van der Waals surface area contributed by atoms with Crippen molar-refractivity contribution in [3.05, 3.63) is 47.2 Å². The summed E-state index contributed by atoms with van der Waals surface area (Å²) in [6.45, 7) is 6.28. The SMILES string of the molecule is CCc1cccc2c(/C=C/C(=O)O)cc(C(C)C)nc12. The summed E-state index contributed by atoms with van der Waals surface area (Å²) in [5, 5.41) is 9.83. The molecule has 0 aliphatic heterocycles. The van der Waals surface area contributed by atoms with Gasteiger partial charge in [0, 0.05) is 17.2 Å². The molecule has 1 heterocycles. The van der Waals surface area contributed by atoms with Crippen LogP contribution in [-0.2, 0) is 11.2 Å². The fourth-order valence-corrected chi connectivity index (χ4v) is 2.23. The number of rotatable bonds is 4. The van der Waals surface area contributed by atoms with Crippen molar-refractivity contribution in [2.75, 3.05) is 0 Å². The van der Waals surface area contributed by atoms with E-state index in [-0.39, 0.29) is 0 Å². The van der Waals surface area contributed by atoms with Gasteiger partial charge in [-0.25, -0.2) is 4.79 Å². The lowest BCUT2D eigenvalue weighted by atomic mass is 9.99. The van der Waals surface area contributed by atoms with Crippen LogP contribution in [0.2, 0.25) is 0 Å². The third kappa shape index (κ3) is 2.87. The minimum Gasteiger partial charge on any atom is -0.478 e. The van der Waals surface area contributed by atoms with E-state index >= 15 is 0 Å². The Balaban J connectivity index is 2.73. The number of hydrogen-bond acceptors (Lipinski definition) is 2. The third-order valence-electron chi connectivity index (χ3n) is 3.35. The number of aryl methyl sites for hydroxylation is 1. The van der Waals surface area contributed by atoms with Crippen LogP contribution in [0.1, 0.15) is 43.5 Å². The van der Waals surface area contributed by atoms with Gasteiger partial charge in [-0.05, 0) is 35.6 Å². The van der Waals surface area contributed by atoms with E-state index < -0.39 is 5.97 Å². The monoisotopic (exact) mass is 269 g/mol. The second-order valence-electron chi connectivity index (χ2n) is 5.13. The smallest absolute Gasteiger partial charge is 0.328 e. The van der Waals surface area contributed by atoms with Crippen LogP contribution in [-0.4, -0.2) is 16.1 Å². The van der Waals surface area contributed by atoms with Crippen LogP contribution in [0, 0.1) is 0 Å². The van der Waals surface area contributed by atoms with E-state index in [0.29, 0.717) is 5.92 Å². The Morgan fingerprint density at radius 3 is 2.75 bits per heavy atom. The summed E-state index contributed by atoms with van der Waals surface area (Å²) in [6.07, 6.45) is 3.74. The fourth-order valence-electron chi connectivity index (χ4n) is 2.23. The molecule has 2 rings (SSSR count). The van der Waals surface area contributed by atoms with Crippen LogP contribution in [0.5, 0.6) is 0 Å². The van der Waals surface area contributed by atoms with Crippen molar-refractivity contribution in [1.29, 1.82) is 0 Å². The third-order valence-corrected chi connectivity index (χ3v) is 3.35. The maximum Gasteiger partial charge on any atom is 0.328 e. The largest absolute Gasteiger partial charge is 0.478 e. The number of carbonyl (C=O) groups is 1. The van der Waals surface area contributed by atoms with Crippen molar-refractivity contribution in [2.45, 2.75) is 33.1 Å². The van der Waals surface area contributed by atoms with Crippen molar-refractivity contribution in [2.24, 2.45) is 0 Å². The van der Waals surface area contributed by atoms with E-state index in [1.807, 2.05) is 18.2 Å². The van der Waals surface area contributed by atoms with E-state index in [1.165, 1.54) is 11.6 Å². The molecule has 1 aromatic heterocycles. The van der Waals surface area contributed by atoms with E-state index in [0.717, 1.165) is 28.6 Å². The predicted octanol–water partition coefficient (Wildman–Crippen LogP) is 4.02. The average molecular weight is 269 g/mol. The van der Waals surface area contributed by atoms with Crippen LogP contribution in [0.4, 0.5) is 0 Å². The number of benzene rings is 1. The standard InChI is InChI=1S/C17H19NO2/c1-4-12-6-5-7-14-13(8-9-16(19)20)10-15(11(2)3)18-17(12)14/h5-11H,4H2,1-3H3,(H,19,20)/b9-8+. The first-order valence-corrected chi connectivity index (χ1v) is 6.86. The molecule has 0 saturated heterocycles. The topological polar surface area (TPSA) is 50.2 Å². The number of para-hydroxylation sites is 1. The van der Waals surface area contributed by atoms with E-state index in [4.69, 9.17) is 10.1 Å². The first-order chi connectivity index (χ1) is 9.52. The van der Waals surface area contributed by atoms with Gasteiger partial charge in [0.1, 0.15) is 0 Å². The summed E-state index contributed by atoms with van der Waals surface area (Å²) in [5.41, 5.74) is 4.07. The van der Waals surface area contributed by atoms with Gasteiger partial charge in [-0.15, -0.1) is 0 Å². The minimum absolute atomic E-state index is 0.307. The highest BCUT2D eigenvalue weighted by Gasteiger charge is 2.09. The van der Waals surface area contributed by atoms with Crippen molar-refractivity contribution in [1.82, 2.24) is 4.98 Å². The summed E-state index contributed by atoms with van der Waals surface area (Å²) in [4.78, 5) is 15.5. The summed E-state index contributed by atoms with van der Waals surface area (Å²) < 4.78 is 0. The van der Waals surface area contributed by atoms with Gasteiger partial charge in [0.25, 0.3) is 0 Å². The van der Waals surface area contributed by atoms with Crippen LogP contribution in [0.15, 0.2) is 30.3 Å². The number of carboxylic acid groups (broad SMARTS) is 1. The molecule has 0 radical (unpaired) electrons. The van der Waals surface area contributed by atoms with Gasteiger partial charge in [0.05, 0.1) is 5.52 Å². The maximum absolute atomic E-state index is 10.7. The zero-order chi connectivity index (χ0) is 14.7. The molecule has 3 nitrogen and oxygen atoms in total. The molecule has 0 amide bonds. The van der Waals surface area contributed by atoms with E-state index in [1.54, 1.807) is 6.08 Å². The molecular weight excluding hydrogens is 250 g/mol. The highest BCUT2D eigenvalue weighted by atomic mass is 16.4. The van der Waals surface area contributed by atoms with Crippen LogP contribution in [0.3, 0.4) is 0 Å². The van der Waals surface area contributed by atoms with Crippen molar-refractivity contribution in [3.8, 4) is 0 Å². The second kappa shape index (κ2) is 5.87. The Labute approximate surface area is 119 Å². The molecule has 0 spiro atoms. The summed E-state index contributed by atoms with van der Waals surface area (Å²) in [5.74, 6) is -0.631. The Hall–Kier alpha value is -2.16. The lowest BCUT2D eigenvalue weighted by molar-refractivity contribution is -0.131. The highest BCUT2D eigenvalue weighted by molar-refractivity contribution is 5.94. The zero-order valence-electron chi connectivity index (χ0n) is 12.1. The molecule has 0 aliphatic carbocycles. The number of aromatic nitrogens is 1. The molecule has 0 fully saturated rings. The summed E-state index contributed by atoms with van der Waals surface area (Å²) in [6, 6.07) is 8.04.